The smallest absolute Gasteiger partial charge is 0.387 e. The molecule has 0 unspecified atom stereocenters. The van der Waals surface area contributed by atoms with Crippen molar-refractivity contribution in [3.05, 3.63) is 30.3 Å². The molecule has 4 heteroatoms. The summed E-state index contributed by atoms with van der Waals surface area (Å²) >= 11 is 0. The average Bonchev–Trinajstić information content (AvgIpc) is 2.16. The quantitative estimate of drug-likeness (QED) is 0.743. The first-order chi connectivity index (χ1) is 6.69. The topological polar surface area (TPSA) is 18.5 Å². The van der Waals surface area contributed by atoms with Gasteiger partial charge in [0.05, 0.1) is 7.11 Å². The maximum absolute atomic E-state index is 12.0. The maximum atomic E-state index is 12.0. The van der Waals surface area contributed by atoms with Gasteiger partial charge in [0.25, 0.3) is 0 Å². The maximum Gasteiger partial charge on any atom is 0.387 e. The summed E-state index contributed by atoms with van der Waals surface area (Å²) in [5, 5.41) is 0. The summed E-state index contributed by atoms with van der Waals surface area (Å²) in [6.45, 7) is 0.679. The molecule has 0 atom stereocenters. The van der Waals surface area contributed by atoms with Crippen LogP contribution >= 0.6 is 0 Å². The molecule has 76 valence electrons. The normalized spacial score (nSPS) is 10.0. The van der Waals surface area contributed by atoms with Gasteiger partial charge in [0.1, 0.15) is 0 Å². The summed E-state index contributed by atoms with van der Waals surface area (Å²) in [5.41, 5.74) is 0.616. The van der Waals surface area contributed by atoms with Crippen LogP contribution in [0.1, 0.15) is 5.56 Å². The number of alkyl halides is 2. The molecule has 1 aromatic rings. The molecule has 0 radical (unpaired) electrons. The van der Waals surface area contributed by atoms with Crippen LogP contribution in [-0.2, 0) is 0 Å². The van der Waals surface area contributed by atoms with Crippen molar-refractivity contribution in [2.75, 3.05) is 7.11 Å². The first kappa shape index (κ1) is 10.5. The molecule has 0 heterocycles. The summed E-state index contributed by atoms with van der Waals surface area (Å²) in [5.74, 6) is 0.280. The average molecular weight is 200 g/mol. The van der Waals surface area contributed by atoms with E-state index in [4.69, 9.17) is 4.74 Å². The Kier molecular flexibility index (Phi) is 3.45. The lowest BCUT2D eigenvalue weighted by Crippen LogP contribution is -2.03. The fourth-order valence-electron chi connectivity index (χ4n) is 1.10. The van der Waals surface area contributed by atoms with Crippen molar-refractivity contribution >= 4 is 6.08 Å². The van der Waals surface area contributed by atoms with Gasteiger partial charge >= 0.3 is 6.61 Å². The number of ether oxygens (including phenoxy) is 2. The number of halogens is 2. The van der Waals surface area contributed by atoms with Crippen LogP contribution in [0.25, 0.3) is 6.08 Å². The predicted octanol–water partition coefficient (Wildman–Crippen LogP) is 2.94. The van der Waals surface area contributed by atoms with Gasteiger partial charge in [-0.25, -0.2) is 0 Å². The Morgan fingerprint density at radius 2 is 2.14 bits per heavy atom. The second-order valence-electron chi connectivity index (χ2n) is 2.46. The Bertz CT molecular complexity index is 324. The molecule has 0 aliphatic rings. The van der Waals surface area contributed by atoms with Gasteiger partial charge in [0, 0.05) is 5.56 Å². The standard InChI is InChI=1S/C10H10F2O2/c1-3-7-5-4-6-8(9(7)13-2)14-10(11)12/h3-6,10H,1H2,2H3. The van der Waals surface area contributed by atoms with Crippen LogP contribution in [0.5, 0.6) is 11.5 Å². The molecule has 0 bridgehead atoms. The zero-order valence-corrected chi connectivity index (χ0v) is 7.67. The number of methoxy groups -OCH3 is 1. The summed E-state index contributed by atoms with van der Waals surface area (Å²) in [7, 11) is 1.39. The highest BCUT2D eigenvalue weighted by atomic mass is 19.3. The van der Waals surface area contributed by atoms with E-state index >= 15 is 0 Å². The van der Waals surface area contributed by atoms with Crippen molar-refractivity contribution in [2.24, 2.45) is 0 Å². The Morgan fingerprint density at radius 3 is 2.64 bits per heavy atom. The van der Waals surface area contributed by atoms with Crippen LogP contribution in [-0.4, -0.2) is 13.7 Å². The number of hydrogen-bond acceptors (Lipinski definition) is 2. The number of hydrogen-bond donors (Lipinski definition) is 0. The van der Waals surface area contributed by atoms with E-state index in [1.54, 1.807) is 12.1 Å². The molecule has 0 saturated carbocycles. The molecule has 1 aromatic carbocycles. The van der Waals surface area contributed by atoms with Crippen LogP contribution in [0.4, 0.5) is 8.78 Å². The minimum Gasteiger partial charge on any atom is -0.492 e. The van der Waals surface area contributed by atoms with E-state index in [9.17, 15) is 8.78 Å². The Balaban J connectivity index is 3.08. The Morgan fingerprint density at radius 1 is 1.43 bits per heavy atom. The van der Waals surface area contributed by atoms with E-state index in [0.717, 1.165) is 0 Å². The minimum atomic E-state index is -2.86. The van der Waals surface area contributed by atoms with Gasteiger partial charge in [-0.2, -0.15) is 8.78 Å². The van der Waals surface area contributed by atoms with Crippen LogP contribution in [0, 0.1) is 0 Å². The number of rotatable bonds is 4. The second kappa shape index (κ2) is 4.60. The Hall–Kier alpha value is -1.58. The van der Waals surface area contributed by atoms with Crippen molar-refractivity contribution in [2.45, 2.75) is 6.61 Å². The van der Waals surface area contributed by atoms with Gasteiger partial charge < -0.3 is 9.47 Å². The monoisotopic (exact) mass is 200 g/mol. The lowest BCUT2D eigenvalue weighted by molar-refractivity contribution is -0.0512. The molecule has 0 fully saturated rings. The third kappa shape index (κ3) is 2.22. The highest BCUT2D eigenvalue weighted by Crippen LogP contribution is 2.32. The third-order valence-electron chi connectivity index (χ3n) is 1.65. The van der Waals surface area contributed by atoms with Crippen LogP contribution in [0.2, 0.25) is 0 Å². The van der Waals surface area contributed by atoms with Crippen molar-refractivity contribution in [1.29, 1.82) is 0 Å². The third-order valence-corrected chi connectivity index (χ3v) is 1.65. The largest absolute Gasteiger partial charge is 0.492 e. The summed E-state index contributed by atoms with van der Waals surface area (Å²) in [4.78, 5) is 0. The van der Waals surface area contributed by atoms with Crippen LogP contribution in [0.3, 0.4) is 0 Å². The summed E-state index contributed by atoms with van der Waals surface area (Å²) in [6.07, 6.45) is 1.51. The second-order valence-corrected chi connectivity index (χ2v) is 2.46. The van der Waals surface area contributed by atoms with E-state index in [0.29, 0.717) is 5.56 Å². The lowest BCUT2D eigenvalue weighted by atomic mass is 10.2. The molecule has 0 saturated heterocycles. The molecule has 0 amide bonds. The molecular formula is C10H10F2O2. The van der Waals surface area contributed by atoms with Crippen molar-refractivity contribution in [1.82, 2.24) is 0 Å². The molecule has 1 rings (SSSR count). The molecule has 2 nitrogen and oxygen atoms in total. The number of para-hydroxylation sites is 1. The van der Waals surface area contributed by atoms with Gasteiger partial charge in [-0.3, -0.25) is 0 Å². The van der Waals surface area contributed by atoms with Gasteiger partial charge in [-0.05, 0) is 6.07 Å². The van der Waals surface area contributed by atoms with Gasteiger partial charge in [-0.1, -0.05) is 24.8 Å². The molecule has 0 aromatic heterocycles. The SMILES string of the molecule is C=Cc1cccc(OC(F)F)c1OC. The number of benzene rings is 1. The first-order valence-electron chi connectivity index (χ1n) is 3.93. The van der Waals surface area contributed by atoms with E-state index in [1.807, 2.05) is 0 Å². The van der Waals surface area contributed by atoms with Crippen molar-refractivity contribution < 1.29 is 18.3 Å². The fraction of sp³-hybridized carbons (Fsp3) is 0.200. The van der Waals surface area contributed by atoms with E-state index in [-0.39, 0.29) is 11.5 Å². The highest BCUT2D eigenvalue weighted by Gasteiger charge is 2.11. The molecule has 0 aliphatic carbocycles. The molecular weight excluding hydrogens is 190 g/mol. The molecule has 0 aliphatic heterocycles. The van der Waals surface area contributed by atoms with E-state index < -0.39 is 6.61 Å². The first-order valence-corrected chi connectivity index (χ1v) is 3.93. The van der Waals surface area contributed by atoms with Gasteiger partial charge in [-0.15, -0.1) is 0 Å². The lowest BCUT2D eigenvalue weighted by Gasteiger charge is -2.11. The fourth-order valence-corrected chi connectivity index (χ4v) is 1.10. The van der Waals surface area contributed by atoms with Crippen LogP contribution < -0.4 is 9.47 Å². The van der Waals surface area contributed by atoms with Crippen LogP contribution in [0.15, 0.2) is 24.8 Å². The predicted molar refractivity (Wildman–Crippen MR) is 49.7 cm³/mol. The molecule has 14 heavy (non-hydrogen) atoms. The van der Waals surface area contributed by atoms with E-state index in [2.05, 4.69) is 11.3 Å². The Labute approximate surface area is 80.8 Å². The molecule has 0 spiro atoms. The molecule has 0 N–H and O–H groups in total. The van der Waals surface area contributed by atoms with E-state index in [1.165, 1.54) is 19.3 Å². The summed E-state index contributed by atoms with van der Waals surface area (Å²) in [6, 6.07) is 4.71. The zero-order chi connectivity index (χ0) is 10.6. The van der Waals surface area contributed by atoms with Gasteiger partial charge in [0.2, 0.25) is 0 Å². The summed E-state index contributed by atoms with van der Waals surface area (Å²) < 4.78 is 33.1. The van der Waals surface area contributed by atoms with Crippen molar-refractivity contribution in [3.63, 3.8) is 0 Å². The van der Waals surface area contributed by atoms with Gasteiger partial charge in [0.15, 0.2) is 11.5 Å². The zero-order valence-electron chi connectivity index (χ0n) is 7.67. The highest BCUT2D eigenvalue weighted by molar-refractivity contribution is 5.61. The minimum absolute atomic E-state index is 0.0138. The van der Waals surface area contributed by atoms with Crippen molar-refractivity contribution in [3.8, 4) is 11.5 Å².